The third kappa shape index (κ3) is 3.24. The van der Waals surface area contributed by atoms with Crippen LogP contribution in [0.15, 0.2) is 95.1 Å². The molecule has 2 unspecified atom stereocenters. The number of phenolic OH excluding ortho intramolecular Hbond substituents is 1. The minimum atomic E-state index is -0.488. The number of ketones is 1. The summed E-state index contributed by atoms with van der Waals surface area (Å²) in [4.78, 5) is 19.2. The summed E-state index contributed by atoms with van der Waals surface area (Å²) in [5.41, 5.74) is 5.85. The number of thiocarbonyl (C=S) groups is 1. The zero-order valence-electron chi connectivity index (χ0n) is 17.1. The highest BCUT2D eigenvalue weighted by atomic mass is 32.1. The number of Topliss-reactive ketones (excluding diaryl/α,β-unsaturated/α-hetero) is 1. The van der Waals surface area contributed by atoms with Crippen molar-refractivity contribution in [2.24, 2.45) is 10.9 Å². The van der Waals surface area contributed by atoms with E-state index < -0.39 is 5.92 Å². The van der Waals surface area contributed by atoms with Crippen molar-refractivity contribution in [3.63, 3.8) is 0 Å². The SMILES string of the molecule is CC1=C(C(=S)Cc2ccccc2)C(c2ccccc2O)C2C(=O)c3ccccc3C2=N1. The molecule has 152 valence electrons. The van der Waals surface area contributed by atoms with Crippen LogP contribution in [0, 0.1) is 5.92 Å². The highest BCUT2D eigenvalue weighted by molar-refractivity contribution is 7.80. The first kappa shape index (κ1) is 19.6. The van der Waals surface area contributed by atoms with Gasteiger partial charge in [-0.05, 0) is 24.1 Å². The van der Waals surface area contributed by atoms with E-state index in [2.05, 4.69) is 0 Å². The molecular formula is C27H21NO2S. The molecule has 0 bridgehead atoms. The number of allylic oxidation sites excluding steroid dienone is 2. The summed E-state index contributed by atoms with van der Waals surface area (Å²) in [7, 11) is 0. The number of fused-ring (bicyclic) bond motifs is 3. The molecule has 3 nitrogen and oxygen atoms in total. The summed E-state index contributed by atoms with van der Waals surface area (Å²) in [6, 6.07) is 24.9. The Morgan fingerprint density at radius 3 is 2.29 bits per heavy atom. The highest BCUT2D eigenvalue weighted by Gasteiger charge is 2.47. The van der Waals surface area contributed by atoms with E-state index in [0.717, 1.165) is 33.0 Å². The van der Waals surface area contributed by atoms with Gasteiger partial charge in [-0.2, -0.15) is 0 Å². The van der Waals surface area contributed by atoms with E-state index in [1.165, 1.54) is 0 Å². The maximum Gasteiger partial charge on any atom is 0.173 e. The lowest BCUT2D eigenvalue weighted by Crippen LogP contribution is -2.32. The van der Waals surface area contributed by atoms with Crippen molar-refractivity contribution in [3.8, 4) is 5.75 Å². The molecule has 2 aliphatic rings. The molecule has 3 aromatic carbocycles. The van der Waals surface area contributed by atoms with Crippen LogP contribution in [0.1, 0.15) is 39.9 Å². The van der Waals surface area contributed by atoms with Crippen LogP contribution in [0.5, 0.6) is 5.75 Å². The maximum atomic E-state index is 13.5. The largest absolute Gasteiger partial charge is 0.508 e. The van der Waals surface area contributed by atoms with Crippen LogP contribution in [-0.4, -0.2) is 21.5 Å². The normalized spacial score (nSPS) is 19.6. The van der Waals surface area contributed by atoms with E-state index >= 15 is 0 Å². The molecule has 4 heteroatoms. The number of nitrogens with zero attached hydrogens (tertiary/aromatic N) is 1. The summed E-state index contributed by atoms with van der Waals surface area (Å²) < 4.78 is 0. The number of hydrogen-bond donors (Lipinski definition) is 1. The monoisotopic (exact) mass is 423 g/mol. The van der Waals surface area contributed by atoms with Crippen molar-refractivity contribution >= 4 is 28.6 Å². The number of para-hydroxylation sites is 1. The van der Waals surface area contributed by atoms with Crippen LogP contribution in [0.2, 0.25) is 0 Å². The zero-order chi connectivity index (χ0) is 21.5. The minimum absolute atomic E-state index is 0.0371. The van der Waals surface area contributed by atoms with Gasteiger partial charge in [0.05, 0.1) is 11.6 Å². The first-order chi connectivity index (χ1) is 15.1. The van der Waals surface area contributed by atoms with Crippen molar-refractivity contribution < 1.29 is 9.90 Å². The number of aliphatic imine (C=N–C) groups is 1. The zero-order valence-corrected chi connectivity index (χ0v) is 17.9. The van der Waals surface area contributed by atoms with Gasteiger partial charge in [-0.15, -0.1) is 0 Å². The van der Waals surface area contributed by atoms with Crippen molar-refractivity contribution in [1.82, 2.24) is 0 Å². The standard InChI is InChI=1S/C27H21NO2S/c1-16-23(22(31)15-17-9-3-2-4-10-17)24(20-13-7-8-14-21(20)29)25-26(28-16)18-11-5-6-12-19(18)27(25)30/h2-14,24-25,29H,15H2,1H3. The van der Waals surface area contributed by atoms with E-state index in [1.807, 2.05) is 73.7 Å². The summed E-state index contributed by atoms with van der Waals surface area (Å²) in [6.07, 6.45) is 0.589. The van der Waals surface area contributed by atoms with Gasteiger partial charge in [-0.1, -0.05) is 85.0 Å². The van der Waals surface area contributed by atoms with Gasteiger partial charge in [0.15, 0.2) is 5.78 Å². The Morgan fingerprint density at radius 1 is 0.903 bits per heavy atom. The summed E-state index contributed by atoms with van der Waals surface area (Å²) >= 11 is 5.92. The lowest BCUT2D eigenvalue weighted by molar-refractivity contribution is 0.0953. The predicted molar refractivity (Wildman–Crippen MR) is 127 cm³/mol. The first-order valence-electron chi connectivity index (χ1n) is 10.3. The number of aromatic hydroxyl groups is 1. The third-order valence-electron chi connectivity index (χ3n) is 6.15. The van der Waals surface area contributed by atoms with Gasteiger partial charge < -0.3 is 5.11 Å². The van der Waals surface area contributed by atoms with Gasteiger partial charge >= 0.3 is 0 Å². The predicted octanol–water partition coefficient (Wildman–Crippen LogP) is 5.68. The Hall–Kier alpha value is -3.37. The molecule has 1 aliphatic heterocycles. The van der Waals surface area contributed by atoms with E-state index in [4.69, 9.17) is 17.2 Å². The molecule has 1 heterocycles. The third-order valence-corrected chi connectivity index (χ3v) is 6.51. The van der Waals surface area contributed by atoms with Gasteiger partial charge in [-0.25, -0.2) is 0 Å². The van der Waals surface area contributed by atoms with Crippen molar-refractivity contribution in [2.45, 2.75) is 19.3 Å². The molecule has 0 spiro atoms. The molecule has 0 fully saturated rings. The van der Waals surface area contributed by atoms with Crippen LogP contribution in [-0.2, 0) is 6.42 Å². The topological polar surface area (TPSA) is 49.7 Å². The quantitative estimate of drug-likeness (QED) is 0.550. The fourth-order valence-electron chi connectivity index (χ4n) is 4.79. The Labute approximate surface area is 186 Å². The Balaban J connectivity index is 1.68. The van der Waals surface area contributed by atoms with Crippen LogP contribution < -0.4 is 0 Å². The number of rotatable bonds is 4. The second-order valence-corrected chi connectivity index (χ2v) is 8.50. The van der Waals surface area contributed by atoms with Gasteiger partial charge in [0, 0.05) is 39.6 Å². The van der Waals surface area contributed by atoms with Crippen LogP contribution in [0.3, 0.4) is 0 Å². The van der Waals surface area contributed by atoms with E-state index in [1.54, 1.807) is 12.1 Å². The molecule has 1 aliphatic carbocycles. The molecule has 5 rings (SSSR count). The molecule has 31 heavy (non-hydrogen) atoms. The smallest absolute Gasteiger partial charge is 0.173 e. The number of carbonyl (C=O) groups is 1. The lowest BCUT2D eigenvalue weighted by atomic mass is 9.73. The van der Waals surface area contributed by atoms with Gasteiger partial charge in [-0.3, -0.25) is 9.79 Å². The summed E-state index contributed by atoms with van der Waals surface area (Å²) in [5.74, 6) is -0.650. The number of benzene rings is 3. The second kappa shape index (κ2) is 7.71. The molecule has 0 radical (unpaired) electrons. The first-order valence-corrected chi connectivity index (χ1v) is 10.7. The second-order valence-electron chi connectivity index (χ2n) is 8.01. The average molecular weight is 424 g/mol. The van der Waals surface area contributed by atoms with Crippen molar-refractivity contribution in [1.29, 1.82) is 0 Å². The minimum Gasteiger partial charge on any atom is -0.508 e. The van der Waals surface area contributed by atoms with Crippen LogP contribution in [0.4, 0.5) is 0 Å². The van der Waals surface area contributed by atoms with Crippen molar-refractivity contribution in [2.75, 3.05) is 0 Å². The maximum absolute atomic E-state index is 13.5. The molecule has 0 saturated carbocycles. The Morgan fingerprint density at radius 2 is 1.55 bits per heavy atom. The number of phenols is 1. The summed E-state index contributed by atoms with van der Waals surface area (Å²) in [6.45, 7) is 1.95. The highest BCUT2D eigenvalue weighted by Crippen LogP contribution is 2.48. The van der Waals surface area contributed by atoms with Crippen molar-refractivity contribution in [3.05, 3.63) is 112 Å². The number of hydrogen-bond acceptors (Lipinski definition) is 4. The molecule has 0 saturated heterocycles. The molecule has 1 N–H and O–H groups in total. The molecular weight excluding hydrogens is 402 g/mol. The average Bonchev–Trinajstić information content (AvgIpc) is 3.06. The molecule has 2 atom stereocenters. The Bertz CT molecular complexity index is 1270. The lowest BCUT2D eigenvalue weighted by Gasteiger charge is -2.32. The molecule has 3 aromatic rings. The fraction of sp³-hybridized carbons (Fsp3) is 0.148. The van der Waals surface area contributed by atoms with Gasteiger partial charge in [0.1, 0.15) is 5.75 Å². The van der Waals surface area contributed by atoms with E-state index in [0.29, 0.717) is 17.5 Å². The number of carbonyl (C=O) groups excluding carboxylic acids is 1. The van der Waals surface area contributed by atoms with Crippen LogP contribution in [0.25, 0.3) is 0 Å². The van der Waals surface area contributed by atoms with Gasteiger partial charge in [0.2, 0.25) is 0 Å². The van der Waals surface area contributed by atoms with E-state index in [-0.39, 0.29) is 17.5 Å². The van der Waals surface area contributed by atoms with Crippen LogP contribution >= 0.6 is 12.2 Å². The fourth-order valence-corrected chi connectivity index (χ4v) is 5.23. The molecule has 0 amide bonds. The van der Waals surface area contributed by atoms with Gasteiger partial charge in [0.25, 0.3) is 0 Å². The molecule has 0 aromatic heterocycles. The summed E-state index contributed by atoms with van der Waals surface area (Å²) in [5, 5.41) is 10.7. The Kier molecular flexibility index (Phi) is 4.87. The van der Waals surface area contributed by atoms with E-state index in [9.17, 15) is 9.90 Å².